The smallest absolute Gasteiger partial charge is 0.282 e. The van der Waals surface area contributed by atoms with Crippen LogP contribution in [0.2, 0.25) is 0 Å². The molecular formula is C26H24N2O3. The fourth-order valence-corrected chi connectivity index (χ4v) is 3.87. The maximum atomic E-state index is 13.7. The van der Waals surface area contributed by atoms with Crippen molar-refractivity contribution >= 4 is 23.1 Å². The maximum absolute atomic E-state index is 13.7. The monoisotopic (exact) mass is 412 g/mol. The highest BCUT2D eigenvalue weighted by molar-refractivity contribution is 6.45. The first-order chi connectivity index (χ1) is 15.0. The quantitative estimate of drug-likeness (QED) is 0.563. The molecule has 0 bridgehead atoms. The van der Waals surface area contributed by atoms with Crippen LogP contribution < -0.4 is 9.64 Å². The lowest BCUT2D eigenvalue weighted by atomic mass is 10.0. The van der Waals surface area contributed by atoms with Gasteiger partial charge in [0.25, 0.3) is 11.8 Å². The minimum Gasteiger partial charge on any atom is -0.495 e. The zero-order valence-electron chi connectivity index (χ0n) is 17.8. The Morgan fingerprint density at radius 1 is 0.871 bits per heavy atom. The number of aryl methyl sites for hydroxylation is 1. The van der Waals surface area contributed by atoms with Gasteiger partial charge in [-0.2, -0.15) is 0 Å². The predicted octanol–water partition coefficient (Wildman–Crippen LogP) is 4.42. The van der Waals surface area contributed by atoms with Crippen LogP contribution in [0.4, 0.5) is 5.69 Å². The number of hydrogen-bond acceptors (Lipinski definition) is 4. The Balaban J connectivity index is 1.83. The second kappa shape index (κ2) is 8.48. The van der Waals surface area contributed by atoms with Gasteiger partial charge in [-0.25, -0.2) is 4.90 Å². The van der Waals surface area contributed by atoms with Gasteiger partial charge in [0.15, 0.2) is 0 Å². The maximum Gasteiger partial charge on any atom is 0.282 e. The minimum absolute atomic E-state index is 0.352. The molecule has 1 heterocycles. The molecule has 2 amide bonds. The van der Waals surface area contributed by atoms with Gasteiger partial charge in [0.05, 0.1) is 18.4 Å². The largest absolute Gasteiger partial charge is 0.495 e. The van der Waals surface area contributed by atoms with Crippen molar-refractivity contribution in [3.05, 3.63) is 101 Å². The predicted molar refractivity (Wildman–Crippen MR) is 121 cm³/mol. The van der Waals surface area contributed by atoms with Crippen molar-refractivity contribution in [3.63, 3.8) is 0 Å². The van der Waals surface area contributed by atoms with Crippen LogP contribution in [0.15, 0.2) is 84.6 Å². The topological polar surface area (TPSA) is 49.9 Å². The first-order valence-electron chi connectivity index (χ1n) is 10.1. The number of rotatable bonds is 6. The normalized spacial score (nSPS) is 13.7. The van der Waals surface area contributed by atoms with E-state index in [0.29, 0.717) is 34.8 Å². The van der Waals surface area contributed by atoms with E-state index in [-0.39, 0.29) is 11.8 Å². The molecule has 3 aromatic carbocycles. The van der Waals surface area contributed by atoms with E-state index >= 15 is 0 Å². The first kappa shape index (κ1) is 20.4. The second-order valence-electron chi connectivity index (χ2n) is 7.55. The lowest BCUT2D eigenvalue weighted by Gasteiger charge is -2.22. The minimum atomic E-state index is -0.355. The zero-order valence-corrected chi connectivity index (χ0v) is 17.8. The first-order valence-corrected chi connectivity index (χ1v) is 10.1. The van der Waals surface area contributed by atoms with Gasteiger partial charge in [0, 0.05) is 13.6 Å². The third-order valence-corrected chi connectivity index (χ3v) is 5.34. The van der Waals surface area contributed by atoms with Crippen LogP contribution in [0.5, 0.6) is 5.75 Å². The number of carbonyl (C=O) groups excluding carboxylic acids is 2. The van der Waals surface area contributed by atoms with Crippen molar-refractivity contribution in [3.8, 4) is 5.75 Å². The average molecular weight is 412 g/mol. The van der Waals surface area contributed by atoms with Gasteiger partial charge in [-0.15, -0.1) is 0 Å². The second-order valence-corrected chi connectivity index (χ2v) is 7.55. The van der Waals surface area contributed by atoms with E-state index in [9.17, 15) is 9.59 Å². The van der Waals surface area contributed by atoms with Crippen LogP contribution in [0.1, 0.15) is 16.7 Å². The Morgan fingerprint density at radius 2 is 1.52 bits per heavy atom. The molecule has 0 radical (unpaired) electrons. The number of likely N-dealkylation sites (N-methyl/N-ethyl adjacent to an activating group) is 1. The molecule has 5 heteroatoms. The van der Waals surface area contributed by atoms with E-state index in [4.69, 9.17) is 4.74 Å². The van der Waals surface area contributed by atoms with Gasteiger partial charge in [-0.3, -0.25) is 9.59 Å². The number of carbonyl (C=O) groups is 2. The van der Waals surface area contributed by atoms with E-state index in [1.807, 2.05) is 85.6 Å². The van der Waals surface area contributed by atoms with Gasteiger partial charge >= 0.3 is 0 Å². The number of hydrogen-bond donors (Lipinski definition) is 0. The van der Waals surface area contributed by atoms with Gasteiger partial charge in [0.1, 0.15) is 11.4 Å². The molecule has 0 spiro atoms. The van der Waals surface area contributed by atoms with Crippen LogP contribution in [-0.4, -0.2) is 30.9 Å². The summed E-state index contributed by atoms with van der Waals surface area (Å²) in [5, 5.41) is 0. The fraction of sp³-hybridized carbons (Fsp3) is 0.154. The van der Waals surface area contributed by atoms with E-state index in [1.54, 1.807) is 12.1 Å². The summed E-state index contributed by atoms with van der Waals surface area (Å²) in [4.78, 5) is 30.4. The standard InChI is InChI=1S/C26H24N2O3/c1-18-14-15-22(31-3)21(16-18)28-25(29)23(20-12-8-5-9-13-20)24(26(28)30)27(2)17-19-10-6-4-7-11-19/h4-16H,17H2,1-3H3. The molecular weight excluding hydrogens is 388 g/mol. The molecule has 4 rings (SSSR count). The summed E-state index contributed by atoms with van der Waals surface area (Å²) in [6.07, 6.45) is 0. The van der Waals surface area contributed by atoms with Crippen LogP contribution in [-0.2, 0) is 16.1 Å². The summed E-state index contributed by atoms with van der Waals surface area (Å²) >= 11 is 0. The Kier molecular flexibility index (Phi) is 5.58. The Labute approximate surface area is 182 Å². The van der Waals surface area contributed by atoms with Gasteiger partial charge in [-0.1, -0.05) is 66.7 Å². The molecule has 31 heavy (non-hydrogen) atoms. The molecule has 1 aliphatic heterocycles. The molecule has 0 saturated carbocycles. The van der Waals surface area contributed by atoms with E-state index in [2.05, 4.69) is 0 Å². The highest BCUT2D eigenvalue weighted by atomic mass is 16.5. The number of amides is 2. The molecule has 0 aliphatic carbocycles. The molecule has 0 atom stereocenters. The summed E-state index contributed by atoms with van der Waals surface area (Å²) in [6, 6.07) is 24.7. The van der Waals surface area contributed by atoms with Crippen molar-refractivity contribution in [2.45, 2.75) is 13.5 Å². The number of imide groups is 1. The number of methoxy groups -OCH3 is 1. The summed E-state index contributed by atoms with van der Waals surface area (Å²) < 4.78 is 5.46. The molecule has 0 unspecified atom stereocenters. The molecule has 3 aromatic rings. The average Bonchev–Trinajstić information content (AvgIpc) is 3.05. The molecule has 0 N–H and O–H groups in total. The van der Waals surface area contributed by atoms with Crippen LogP contribution in [0.25, 0.3) is 5.57 Å². The van der Waals surface area contributed by atoms with Gasteiger partial charge in [-0.05, 0) is 35.7 Å². The molecule has 5 nitrogen and oxygen atoms in total. The van der Waals surface area contributed by atoms with Crippen LogP contribution in [0, 0.1) is 6.92 Å². The highest BCUT2D eigenvalue weighted by Crippen LogP contribution is 2.39. The Hall–Kier alpha value is -3.86. The number of ether oxygens (including phenoxy) is 1. The summed E-state index contributed by atoms with van der Waals surface area (Å²) in [7, 11) is 3.38. The zero-order chi connectivity index (χ0) is 22.0. The molecule has 0 fully saturated rings. The number of nitrogens with zero attached hydrogens (tertiary/aromatic N) is 2. The van der Waals surface area contributed by atoms with Crippen molar-refractivity contribution < 1.29 is 14.3 Å². The summed E-state index contributed by atoms with van der Waals surface area (Å²) in [5.74, 6) is -0.229. The molecule has 0 saturated heterocycles. The SMILES string of the molecule is COc1ccc(C)cc1N1C(=O)C(c2ccccc2)=C(N(C)Cc2ccccc2)C1=O. The third-order valence-electron chi connectivity index (χ3n) is 5.34. The lowest BCUT2D eigenvalue weighted by Crippen LogP contribution is -2.34. The van der Waals surface area contributed by atoms with E-state index < -0.39 is 0 Å². The molecule has 0 aromatic heterocycles. The van der Waals surface area contributed by atoms with Crippen molar-refractivity contribution in [2.75, 3.05) is 19.1 Å². The lowest BCUT2D eigenvalue weighted by molar-refractivity contribution is -0.120. The van der Waals surface area contributed by atoms with E-state index in [1.165, 1.54) is 12.0 Å². The summed E-state index contributed by atoms with van der Waals surface area (Å²) in [5.41, 5.74) is 3.93. The van der Waals surface area contributed by atoms with Gasteiger partial charge in [0.2, 0.25) is 0 Å². The van der Waals surface area contributed by atoms with Crippen molar-refractivity contribution in [1.29, 1.82) is 0 Å². The fourth-order valence-electron chi connectivity index (χ4n) is 3.87. The Morgan fingerprint density at radius 3 is 2.16 bits per heavy atom. The highest BCUT2D eigenvalue weighted by Gasteiger charge is 2.42. The number of anilines is 1. The van der Waals surface area contributed by atoms with Crippen molar-refractivity contribution in [1.82, 2.24) is 4.90 Å². The third kappa shape index (κ3) is 3.82. The molecule has 156 valence electrons. The summed E-state index contributed by atoms with van der Waals surface area (Å²) in [6.45, 7) is 2.42. The Bertz CT molecular complexity index is 1150. The molecule has 1 aliphatic rings. The van der Waals surface area contributed by atoms with Crippen LogP contribution in [0.3, 0.4) is 0 Å². The van der Waals surface area contributed by atoms with Crippen molar-refractivity contribution in [2.24, 2.45) is 0 Å². The van der Waals surface area contributed by atoms with E-state index in [0.717, 1.165) is 11.1 Å². The van der Waals surface area contributed by atoms with Gasteiger partial charge < -0.3 is 9.64 Å². The van der Waals surface area contributed by atoms with Crippen LogP contribution >= 0.6 is 0 Å². The number of benzene rings is 3.